The van der Waals surface area contributed by atoms with E-state index in [1.165, 1.54) is 0 Å². The second-order valence-electron chi connectivity index (χ2n) is 11.9. The molecule has 23 heteroatoms. The molecule has 0 spiro atoms. The molecule has 1 unspecified atom stereocenters. The van der Waals surface area contributed by atoms with Crippen molar-refractivity contribution in [3.63, 3.8) is 0 Å². The molecule has 3 aliphatic heterocycles. The van der Waals surface area contributed by atoms with Crippen LogP contribution >= 0.6 is 20.5 Å². The second kappa shape index (κ2) is 19.1. The maximum Gasteiger partial charge on any atom is 0.477 e. The van der Waals surface area contributed by atoms with Crippen molar-refractivity contribution in [3.8, 4) is 0 Å². The van der Waals surface area contributed by atoms with Crippen LogP contribution in [0.1, 0.15) is 32.6 Å². The number of carbonyl (C=O) groups excluding carboxylic acids is 2. The van der Waals surface area contributed by atoms with E-state index < -0.39 is 131 Å². The molecule has 286 valence electrons. The Balaban J connectivity index is 1.76. The number of hydrogen-bond donors (Lipinski definition) is 13. The summed E-state index contributed by atoms with van der Waals surface area (Å²) < 4.78 is 45.1. The number of amides is 2. The second-order valence-corrected chi connectivity index (χ2v) is 13.7. The molecule has 3 fully saturated rings. The van der Waals surface area contributed by atoms with E-state index in [9.17, 15) is 59.9 Å². The molecule has 0 radical (unpaired) electrons. The van der Waals surface area contributed by atoms with Crippen molar-refractivity contribution >= 4 is 32.3 Å². The summed E-state index contributed by atoms with van der Waals surface area (Å²) in [6.45, 7) is -1.28. The van der Waals surface area contributed by atoms with Gasteiger partial charge in [-0.3, -0.25) is 18.6 Å². The lowest BCUT2D eigenvalue weighted by atomic mass is 9.96. The maximum absolute atomic E-state index is 13.1. The Kier molecular flexibility index (Phi) is 16.5. The number of phosphoric acid groups is 1. The number of nitrogens with one attached hydrogen (secondary N) is 2. The highest BCUT2D eigenvalue weighted by Crippen LogP contribution is 2.49. The van der Waals surface area contributed by atoms with Gasteiger partial charge in [0.1, 0.15) is 67.0 Å². The summed E-state index contributed by atoms with van der Waals surface area (Å²) in [5.41, 5.74) is 5.75. The quantitative estimate of drug-likeness (QED) is 0.0397. The van der Waals surface area contributed by atoms with E-state index in [1.807, 2.05) is 0 Å². The number of thiol groups is 1. The first kappa shape index (κ1) is 42.3. The molecule has 3 rings (SSSR count). The van der Waals surface area contributed by atoms with E-state index in [2.05, 4.69) is 23.3 Å². The summed E-state index contributed by atoms with van der Waals surface area (Å²) in [4.78, 5) is 35.1. The Morgan fingerprint density at radius 3 is 1.84 bits per heavy atom. The minimum Gasteiger partial charge on any atom is -0.394 e. The van der Waals surface area contributed by atoms with Gasteiger partial charge in [0.2, 0.25) is 11.8 Å². The third-order valence-electron chi connectivity index (χ3n) is 8.17. The van der Waals surface area contributed by atoms with Crippen molar-refractivity contribution in [1.29, 1.82) is 0 Å². The average molecular weight is 754 g/mol. The fourth-order valence-electron chi connectivity index (χ4n) is 5.43. The lowest BCUT2D eigenvalue weighted by Crippen LogP contribution is -2.66. The predicted octanol–water partition coefficient (Wildman–Crippen LogP) is -5.73. The average Bonchev–Trinajstić information content (AvgIpc) is 3.05. The van der Waals surface area contributed by atoms with Crippen molar-refractivity contribution in [3.05, 3.63) is 0 Å². The summed E-state index contributed by atoms with van der Waals surface area (Å²) >= 11 is 4.12. The third kappa shape index (κ3) is 11.2. The Bertz CT molecular complexity index is 1120. The number of nitrogens with two attached hydrogens (primary N) is 1. The molecule has 0 aromatic carbocycles. The number of rotatable bonds is 16. The van der Waals surface area contributed by atoms with Gasteiger partial charge in [-0.2, -0.15) is 12.6 Å². The molecule has 2 amide bonds. The molecule has 3 heterocycles. The first-order valence-electron chi connectivity index (χ1n) is 15.6. The Morgan fingerprint density at radius 1 is 0.755 bits per heavy atom. The van der Waals surface area contributed by atoms with Gasteiger partial charge in [-0.15, -0.1) is 0 Å². The first-order valence-corrected chi connectivity index (χ1v) is 17.7. The number of aliphatic hydroxyl groups excluding tert-OH is 8. The number of unbranched alkanes of at least 4 members (excludes halogenated alkanes) is 2. The molecule has 3 aliphatic rings. The van der Waals surface area contributed by atoms with Crippen molar-refractivity contribution < 1.29 is 87.9 Å². The number of hydrogen-bond acceptors (Lipinski definition) is 19. The molecule has 21 nitrogen and oxygen atoms in total. The van der Waals surface area contributed by atoms with Gasteiger partial charge in [0.15, 0.2) is 18.9 Å². The van der Waals surface area contributed by atoms with Gasteiger partial charge < -0.3 is 81.1 Å². The highest BCUT2D eigenvalue weighted by molar-refractivity contribution is 7.80. The monoisotopic (exact) mass is 753 g/mol. The van der Waals surface area contributed by atoms with Crippen LogP contribution in [0.15, 0.2) is 0 Å². The number of phosphoric ester groups is 1. The van der Waals surface area contributed by atoms with Crippen molar-refractivity contribution in [2.45, 2.75) is 125 Å². The lowest BCUT2D eigenvalue weighted by molar-refractivity contribution is -0.297. The Labute approximate surface area is 286 Å². The van der Waals surface area contributed by atoms with Crippen LogP contribution in [-0.4, -0.2) is 175 Å². The van der Waals surface area contributed by atoms with Crippen LogP contribution in [0.2, 0.25) is 0 Å². The number of ether oxygens (including phenoxy) is 4. The lowest BCUT2D eigenvalue weighted by Gasteiger charge is -2.45. The summed E-state index contributed by atoms with van der Waals surface area (Å²) in [5, 5.41) is 86.8. The van der Waals surface area contributed by atoms with E-state index in [-0.39, 0.29) is 6.42 Å². The first-order chi connectivity index (χ1) is 23.0. The van der Waals surface area contributed by atoms with Gasteiger partial charge in [-0.25, -0.2) is 4.57 Å². The van der Waals surface area contributed by atoms with Crippen molar-refractivity contribution in [2.75, 3.05) is 25.6 Å². The largest absolute Gasteiger partial charge is 0.477 e. The molecule has 0 aromatic rings. The number of carbonyl (C=O) groups is 2. The fraction of sp³-hybridized carbons (Fsp3) is 0.923. The molecule has 49 heavy (non-hydrogen) atoms. The van der Waals surface area contributed by atoms with Crippen LogP contribution < -0.4 is 16.4 Å². The molecular formula is C26H48N3O18PS. The summed E-state index contributed by atoms with van der Waals surface area (Å²) in [6, 6.07) is -4.69. The molecule has 0 bridgehead atoms. The minimum absolute atomic E-state index is 0.0593. The van der Waals surface area contributed by atoms with Crippen molar-refractivity contribution in [2.24, 2.45) is 5.73 Å². The van der Waals surface area contributed by atoms with E-state index in [0.717, 1.165) is 13.3 Å². The van der Waals surface area contributed by atoms with Gasteiger partial charge in [0.25, 0.3) is 0 Å². The Hall–Kier alpha value is -1.12. The van der Waals surface area contributed by atoms with Crippen molar-refractivity contribution in [1.82, 2.24) is 10.6 Å². The van der Waals surface area contributed by atoms with E-state index >= 15 is 0 Å². The molecule has 16 atom stereocenters. The summed E-state index contributed by atoms with van der Waals surface area (Å²) in [5.74, 6) is -0.659. The third-order valence-corrected chi connectivity index (χ3v) is 9.43. The molecular weight excluding hydrogens is 705 g/mol. The van der Waals surface area contributed by atoms with E-state index in [0.29, 0.717) is 18.6 Å². The van der Waals surface area contributed by atoms with Gasteiger partial charge in [-0.1, -0.05) is 6.42 Å². The predicted molar refractivity (Wildman–Crippen MR) is 164 cm³/mol. The topological polar surface area (TPSA) is 339 Å². The zero-order valence-corrected chi connectivity index (χ0v) is 28.3. The zero-order valence-electron chi connectivity index (χ0n) is 26.5. The van der Waals surface area contributed by atoms with Crippen LogP contribution in [0.5, 0.6) is 0 Å². The molecule has 13 N–H and O–H groups in total. The smallest absolute Gasteiger partial charge is 0.394 e. The van der Waals surface area contributed by atoms with Gasteiger partial charge in [0.05, 0.1) is 25.9 Å². The van der Waals surface area contributed by atoms with Crippen LogP contribution in [0, 0.1) is 0 Å². The maximum atomic E-state index is 13.1. The highest BCUT2D eigenvalue weighted by atomic mass is 32.1. The van der Waals surface area contributed by atoms with Gasteiger partial charge in [0, 0.05) is 13.3 Å². The minimum atomic E-state index is -5.37. The SMILES string of the molecule is CC(=O)N[C@H]1[C@@H](OP(=O)(O)O[C@H]2O[C@H](CO)[C@H](O)[C@H](O)[C@H]2N)O[C@H](CO[C@@H]2O[C@H](CO)[C@@H](O)[C@H](O)[C@H]2NC(=O)CCCCCS)[C@@H](O)[C@@H]1O. The molecule has 0 saturated carbocycles. The Morgan fingerprint density at radius 2 is 1.27 bits per heavy atom. The zero-order chi connectivity index (χ0) is 36.6. The van der Waals surface area contributed by atoms with Crippen LogP contribution in [0.25, 0.3) is 0 Å². The number of aliphatic hydroxyl groups is 8. The fourth-order valence-corrected chi connectivity index (χ4v) is 6.60. The van der Waals surface area contributed by atoms with Crippen LogP contribution in [0.3, 0.4) is 0 Å². The summed E-state index contributed by atoms with van der Waals surface area (Å²) in [7, 11) is -5.37. The van der Waals surface area contributed by atoms with E-state index in [1.54, 1.807) is 0 Å². The normalized spacial score (nSPS) is 41.1. The van der Waals surface area contributed by atoms with Crippen LogP contribution in [0.4, 0.5) is 0 Å². The highest BCUT2D eigenvalue weighted by Gasteiger charge is 2.52. The van der Waals surface area contributed by atoms with Gasteiger partial charge in [-0.05, 0) is 18.6 Å². The molecule has 3 saturated heterocycles. The van der Waals surface area contributed by atoms with E-state index in [4.69, 9.17) is 33.7 Å². The standard InChI is InChI=1S/C26H48N3O18PS/c1-10(32)28-17-23(39)20(36)13(45-26(17)47-48(40,41)46-24-15(27)21(37)18(34)11(7-30)43-24)9-42-25-16(22(38)19(35)12(8-31)44-25)29-14(33)5-3-2-4-6-49/h11-13,15-26,30-31,34-39,49H,2-9,27H2,1H3,(H,28,32)(H,29,33)(H,40,41)/t11-,12-,13-,15-,16-,17-,18+,19-,20-,21-,22-,23-,24-,25-,26-/m1/s1. The summed E-state index contributed by atoms with van der Waals surface area (Å²) in [6.07, 6.45) is -18.5. The molecule has 0 aliphatic carbocycles. The van der Waals surface area contributed by atoms with Gasteiger partial charge >= 0.3 is 7.82 Å². The molecule has 0 aromatic heterocycles. The van der Waals surface area contributed by atoms with Crippen LogP contribution in [-0.2, 0) is 42.1 Å².